The molecule has 110 valence electrons. The van der Waals surface area contributed by atoms with E-state index in [0.717, 1.165) is 17.9 Å². The van der Waals surface area contributed by atoms with E-state index in [2.05, 4.69) is 4.90 Å². The van der Waals surface area contributed by atoms with Crippen molar-refractivity contribution in [3.63, 3.8) is 0 Å². The van der Waals surface area contributed by atoms with Gasteiger partial charge < -0.3 is 14.6 Å². The van der Waals surface area contributed by atoms with Gasteiger partial charge >= 0.3 is 0 Å². The third-order valence-corrected chi connectivity index (χ3v) is 4.38. The summed E-state index contributed by atoms with van der Waals surface area (Å²) in [7, 11) is 0. The van der Waals surface area contributed by atoms with Crippen molar-refractivity contribution in [1.82, 2.24) is 4.90 Å². The molecule has 1 saturated carbocycles. The van der Waals surface area contributed by atoms with Crippen molar-refractivity contribution in [2.24, 2.45) is 0 Å². The molecule has 0 bridgehead atoms. The van der Waals surface area contributed by atoms with Crippen LogP contribution in [-0.4, -0.2) is 36.0 Å². The highest BCUT2D eigenvalue weighted by Gasteiger charge is 2.24. The molecule has 0 saturated heterocycles. The topological polar surface area (TPSA) is 41.9 Å². The maximum absolute atomic E-state index is 9.27. The summed E-state index contributed by atoms with van der Waals surface area (Å²) in [6, 6.07) is 4.51. The Kier molecular flexibility index (Phi) is 4.34. The van der Waals surface area contributed by atoms with Gasteiger partial charge in [0.05, 0.1) is 11.6 Å². The molecule has 0 radical (unpaired) electrons. The third kappa shape index (κ3) is 2.87. The third-order valence-electron chi connectivity index (χ3n) is 4.10. The summed E-state index contributed by atoms with van der Waals surface area (Å²) in [6.07, 6.45) is 5.01. The molecule has 4 nitrogen and oxygen atoms in total. The number of hydrogen-bond donors (Lipinski definition) is 1. The normalized spacial score (nSPS) is 18.1. The van der Waals surface area contributed by atoms with Gasteiger partial charge in [0.2, 0.25) is 6.79 Å². The molecule has 1 aromatic carbocycles. The van der Waals surface area contributed by atoms with Crippen LogP contribution in [0.15, 0.2) is 12.1 Å². The Balaban J connectivity index is 1.76. The Morgan fingerprint density at radius 2 is 2.05 bits per heavy atom. The molecule has 0 unspecified atom stereocenters. The predicted molar refractivity (Wildman–Crippen MR) is 77.3 cm³/mol. The van der Waals surface area contributed by atoms with Gasteiger partial charge in [0.25, 0.3) is 0 Å². The van der Waals surface area contributed by atoms with Crippen molar-refractivity contribution < 1.29 is 14.6 Å². The van der Waals surface area contributed by atoms with Gasteiger partial charge in [-0.25, -0.2) is 0 Å². The van der Waals surface area contributed by atoms with E-state index in [9.17, 15) is 5.11 Å². The Hall–Kier alpha value is -0.970. The van der Waals surface area contributed by atoms with E-state index in [4.69, 9.17) is 21.1 Å². The number of halogens is 1. The molecule has 1 aromatic rings. The molecular weight excluding hydrogens is 278 g/mol. The second-order valence-electron chi connectivity index (χ2n) is 5.44. The Morgan fingerprint density at radius 1 is 1.25 bits per heavy atom. The van der Waals surface area contributed by atoms with Gasteiger partial charge in [-0.2, -0.15) is 0 Å². The molecule has 1 N–H and O–H groups in total. The number of aliphatic hydroxyl groups excluding tert-OH is 1. The van der Waals surface area contributed by atoms with Gasteiger partial charge in [0, 0.05) is 19.1 Å². The standard InChI is InChI=1S/C15H20ClNO3/c16-13-7-11(8-14-15(13)20-10-19-14)9-17(5-6-18)12-3-1-2-4-12/h7-8,12,18H,1-6,9-10H2. The van der Waals surface area contributed by atoms with Gasteiger partial charge in [-0.05, 0) is 30.5 Å². The summed E-state index contributed by atoms with van der Waals surface area (Å²) in [5.74, 6) is 1.37. The van der Waals surface area contributed by atoms with Crippen LogP contribution < -0.4 is 9.47 Å². The zero-order valence-corrected chi connectivity index (χ0v) is 12.2. The van der Waals surface area contributed by atoms with Crippen LogP contribution in [-0.2, 0) is 6.54 Å². The number of fused-ring (bicyclic) bond motifs is 1. The quantitative estimate of drug-likeness (QED) is 0.907. The molecule has 1 fully saturated rings. The molecule has 5 heteroatoms. The number of aliphatic hydroxyl groups is 1. The average molecular weight is 298 g/mol. The van der Waals surface area contributed by atoms with Crippen LogP contribution in [0.25, 0.3) is 0 Å². The van der Waals surface area contributed by atoms with E-state index in [1.54, 1.807) is 0 Å². The number of hydrogen-bond acceptors (Lipinski definition) is 4. The van der Waals surface area contributed by atoms with Gasteiger partial charge in [0.1, 0.15) is 0 Å². The lowest BCUT2D eigenvalue weighted by Crippen LogP contribution is -2.35. The van der Waals surface area contributed by atoms with E-state index in [1.165, 1.54) is 25.7 Å². The fourth-order valence-corrected chi connectivity index (χ4v) is 3.42. The highest BCUT2D eigenvalue weighted by Crippen LogP contribution is 2.40. The molecule has 2 aliphatic rings. The molecule has 1 aliphatic carbocycles. The van der Waals surface area contributed by atoms with Crippen molar-refractivity contribution in [2.45, 2.75) is 38.3 Å². The average Bonchev–Trinajstić information content (AvgIpc) is 3.09. The maximum Gasteiger partial charge on any atom is 0.231 e. The Bertz CT molecular complexity index is 474. The van der Waals surface area contributed by atoms with Crippen molar-refractivity contribution in [2.75, 3.05) is 19.9 Å². The van der Waals surface area contributed by atoms with Crippen LogP contribution >= 0.6 is 11.6 Å². The second kappa shape index (κ2) is 6.20. The summed E-state index contributed by atoms with van der Waals surface area (Å²) in [4.78, 5) is 2.35. The Morgan fingerprint density at radius 3 is 2.80 bits per heavy atom. The summed E-state index contributed by atoms with van der Waals surface area (Å²) >= 11 is 6.22. The van der Waals surface area contributed by atoms with Gasteiger partial charge in [-0.15, -0.1) is 0 Å². The first kappa shape index (κ1) is 14.0. The highest BCUT2D eigenvalue weighted by atomic mass is 35.5. The van der Waals surface area contributed by atoms with Gasteiger partial charge in [-0.3, -0.25) is 4.90 Å². The fraction of sp³-hybridized carbons (Fsp3) is 0.600. The molecule has 1 heterocycles. The van der Waals surface area contributed by atoms with Crippen molar-refractivity contribution in [3.8, 4) is 11.5 Å². The fourth-order valence-electron chi connectivity index (χ4n) is 3.14. The molecule has 0 atom stereocenters. The van der Waals surface area contributed by atoms with Crippen LogP contribution in [0.4, 0.5) is 0 Å². The lowest BCUT2D eigenvalue weighted by Gasteiger charge is -2.28. The Labute approximate surface area is 124 Å². The van der Waals surface area contributed by atoms with Crippen LogP contribution in [0, 0.1) is 0 Å². The largest absolute Gasteiger partial charge is 0.454 e. The van der Waals surface area contributed by atoms with Crippen LogP contribution in [0.5, 0.6) is 11.5 Å². The molecule has 20 heavy (non-hydrogen) atoms. The van der Waals surface area contributed by atoms with Crippen molar-refractivity contribution in [3.05, 3.63) is 22.7 Å². The molecule has 0 spiro atoms. The first-order valence-electron chi connectivity index (χ1n) is 7.21. The monoisotopic (exact) mass is 297 g/mol. The van der Waals surface area contributed by atoms with Crippen LogP contribution in [0.1, 0.15) is 31.2 Å². The lowest BCUT2D eigenvalue weighted by atomic mass is 10.1. The number of benzene rings is 1. The number of ether oxygens (including phenoxy) is 2. The summed E-state index contributed by atoms with van der Waals surface area (Å²) in [6.45, 7) is 1.93. The molecular formula is C15H20ClNO3. The van der Waals surface area contributed by atoms with Crippen molar-refractivity contribution in [1.29, 1.82) is 0 Å². The van der Waals surface area contributed by atoms with Crippen LogP contribution in [0.2, 0.25) is 5.02 Å². The van der Waals surface area contributed by atoms with E-state index in [0.29, 0.717) is 23.4 Å². The first-order valence-corrected chi connectivity index (χ1v) is 7.58. The minimum absolute atomic E-state index is 0.189. The van der Waals surface area contributed by atoms with Gasteiger partial charge in [0.15, 0.2) is 11.5 Å². The van der Waals surface area contributed by atoms with E-state index in [1.807, 2.05) is 12.1 Å². The first-order chi connectivity index (χ1) is 9.78. The summed E-state index contributed by atoms with van der Waals surface area (Å²) in [5.41, 5.74) is 1.11. The lowest BCUT2D eigenvalue weighted by molar-refractivity contribution is 0.144. The number of nitrogens with zero attached hydrogens (tertiary/aromatic N) is 1. The molecule has 1 aliphatic heterocycles. The smallest absolute Gasteiger partial charge is 0.231 e. The molecule has 0 aromatic heterocycles. The molecule has 3 rings (SSSR count). The second-order valence-corrected chi connectivity index (χ2v) is 5.85. The summed E-state index contributed by atoms with van der Waals surface area (Å²) in [5, 5.41) is 9.87. The van der Waals surface area contributed by atoms with E-state index < -0.39 is 0 Å². The van der Waals surface area contributed by atoms with Gasteiger partial charge in [-0.1, -0.05) is 24.4 Å². The minimum atomic E-state index is 0.189. The number of rotatable bonds is 5. The molecule has 0 amide bonds. The maximum atomic E-state index is 9.27. The highest BCUT2D eigenvalue weighted by molar-refractivity contribution is 6.32. The van der Waals surface area contributed by atoms with Crippen molar-refractivity contribution >= 4 is 11.6 Å². The van der Waals surface area contributed by atoms with Crippen LogP contribution in [0.3, 0.4) is 0 Å². The minimum Gasteiger partial charge on any atom is -0.454 e. The summed E-state index contributed by atoms with van der Waals surface area (Å²) < 4.78 is 10.7. The zero-order valence-electron chi connectivity index (χ0n) is 11.5. The van der Waals surface area contributed by atoms with E-state index >= 15 is 0 Å². The predicted octanol–water partition coefficient (Wildman–Crippen LogP) is 2.81. The van der Waals surface area contributed by atoms with E-state index in [-0.39, 0.29) is 13.4 Å². The SMILES string of the molecule is OCCN(Cc1cc(Cl)c2c(c1)OCO2)C1CCCC1. The zero-order chi connectivity index (χ0) is 13.9.